The van der Waals surface area contributed by atoms with Crippen LogP contribution >= 0.6 is 0 Å². The lowest BCUT2D eigenvalue weighted by molar-refractivity contribution is 0.575. The lowest BCUT2D eigenvalue weighted by Gasteiger charge is -2.13. The van der Waals surface area contributed by atoms with E-state index in [4.69, 9.17) is 29.9 Å². The molecule has 0 saturated carbocycles. The molecule has 0 aliphatic carbocycles. The zero-order valence-corrected chi connectivity index (χ0v) is 49.8. The summed E-state index contributed by atoms with van der Waals surface area (Å²) in [6, 6.07) is 13.7. The summed E-state index contributed by atoms with van der Waals surface area (Å²) in [4.78, 5) is 50.1. The van der Waals surface area contributed by atoms with E-state index in [1.54, 1.807) is 0 Å². The largest absolute Gasteiger partial charge is 0.324 e. The number of aryl methyl sites for hydroxylation is 4. The third-order valence-corrected chi connectivity index (χ3v) is 17.3. The summed E-state index contributed by atoms with van der Waals surface area (Å²) >= 11 is 0. The molecular formula is C70H96N10. The molecule has 0 fully saturated rings. The first-order valence-corrected chi connectivity index (χ1v) is 32.6. The topological polar surface area (TPSA) is 135 Å². The van der Waals surface area contributed by atoms with Crippen LogP contribution in [0.5, 0.6) is 0 Å². The van der Waals surface area contributed by atoms with Gasteiger partial charge in [-0.2, -0.15) is 0 Å². The first kappa shape index (κ1) is 58.7. The van der Waals surface area contributed by atoms with Crippen molar-refractivity contribution in [3.8, 4) is 45.6 Å². The third-order valence-electron chi connectivity index (χ3n) is 17.3. The number of rotatable bonds is 36. The molecule has 80 heavy (non-hydrogen) atoms. The highest BCUT2D eigenvalue weighted by Gasteiger charge is 2.28. The van der Waals surface area contributed by atoms with E-state index in [9.17, 15) is 0 Å². The van der Waals surface area contributed by atoms with Crippen molar-refractivity contribution in [3.05, 3.63) is 83.4 Å². The molecule has 0 atom stereocenters. The number of aromatic nitrogens is 10. The van der Waals surface area contributed by atoms with Gasteiger partial charge in [0.2, 0.25) is 0 Å². The van der Waals surface area contributed by atoms with Crippen LogP contribution < -0.4 is 0 Å². The molecule has 0 spiro atoms. The lowest BCUT2D eigenvalue weighted by Crippen LogP contribution is -1.98. The molecule has 0 radical (unpaired) electrons. The van der Waals surface area contributed by atoms with Gasteiger partial charge in [0.1, 0.15) is 22.6 Å². The van der Waals surface area contributed by atoms with Crippen molar-refractivity contribution in [3.63, 3.8) is 0 Å². The van der Waals surface area contributed by atoms with Gasteiger partial charge in [0.15, 0.2) is 23.3 Å². The van der Waals surface area contributed by atoms with Crippen molar-refractivity contribution in [1.29, 1.82) is 0 Å². The molecule has 10 heteroatoms. The lowest BCUT2D eigenvalue weighted by atomic mass is 9.91. The Kier molecular flexibility index (Phi) is 23.0. The Bertz CT molecular complexity index is 3220. The molecule has 2 aliphatic rings. The molecule has 2 aromatic carbocycles. The van der Waals surface area contributed by atoms with E-state index in [0.717, 1.165) is 107 Å². The number of H-pyrrole nitrogens is 2. The van der Waals surface area contributed by atoms with Crippen molar-refractivity contribution in [2.75, 3.05) is 0 Å². The first-order chi connectivity index (χ1) is 39.6. The van der Waals surface area contributed by atoms with Crippen molar-refractivity contribution >= 4 is 44.1 Å². The molecule has 0 unspecified atom stereocenters. The molecular weight excluding hydrogens is 981 g/mol. The molecule has 0 saturated heterocycles. The van der Waals surface area contributed by atoms with Crippen LogP contribution in [0.1, 0.15) is 255 Å². The number of benzene rings is 2. The van der Waals surface area contributed by atoms with Crippen molar-refractivity contribution < 1.29 is 0 Å². The van der Waals surface area contributed by atoms with Crippen LogP contribution in [-0.4, -0.2) is 49.8 Å². The van der Waals surface area contributed by atoms with Crippen molar-refractivity contribution in [2.24, 2.45) is 0 Å². The van der Waals surface area contributed by atoms with E-state index in [-0.39, 0.29) is 0 Å². The van der Waals surface area contributed by atoms with Gasteiger partial charge >= 0.3 is 0 Å². The van der Waals surface area contributed by atoms with Gasteiger partial charge in [-0.3, -0.25) is 9.97 Å². The third kappa shape index (κ3) is 15.3. The smallest absolute Gasteiger partial charge is 0.166 e. The summed E-state index contributed by atoms with van der Waals surface area (Å²) in [7, 11) is 0. The Morgan fingerprint density at radius 2 is 0.625 bits per heavy atom. The number of nitrogens with one attached hydrogen (secondary N) is 2. The number of hydrogen-bond acceptors (Lipinski definition) is 8. The molecule has 9 rings (SSSR count). The van der Waals surface area contributed by atoms with Gasteiger partial charge in [0, 0.05) is 68.6 Å². The highest BCUT2D eigenvalue weighted by Crippen LogP contribution is 2.42. The predicted octanol–water partition coefficient (Wildman–Crippen LogP) is 20.4. The van der Waals surface area contributed by atoms with Crippen LogP contribution in [0.2, 0.25) is 0 Å². The fourth-order valence-electron chi connectivity index (χ4n) is 12.6. The highest BCUT2D eigenvalue weighted by atomic mass is 15.1. The fraction of sp³-hybridized carbons (Fsp3) is 0.571. The molecule has 0 amide bonds. The van der Waals surface area contributed by atoms with Crippen LogP contribution in [0.4, 0.5) is 0 Å². The molecule has 426 valence electrons. The van der Waals surface area contributed by atoms with E-state index < -0.39 is 0 Å². The average Bonchev–Trinajstić information content (AvgIpc) is 4.27. The van der Waals surface area contributed by atoms with E-state index in [1.165, 1.54) is 207 Å². The molecule has 10 nitrogen and oxygen atoms in total. The summed E-state index contributed by atoms with van der Waals surface area (Å²) in [6.07, 6.45) is 52.3. The minimum absolute atomic E-state index is 0.590. The fourth-order valence-corrected chi connectivity index (χ4v) is 12.6. The van der Waals surface area contributed by atoms with Gasteiger partial charge in [0.05, 0.1) is 0 Å². The molecule has 2 N–H and O–H groups in total. The van der Waals surface area contributed by atoms with Crippen LogP contribution in [0, 0.1) is 0 Å². The number of pyridine rings is 2. The van der Waals surface area contributed by atoms with E-state index in [0.29, 0.717) is 28.8 Å². The normalized spacial score (nSPS) is 12.1. The molecule has 7 aromatic rings. The predicted molar refractivity (Wildman–Crippen MR) is 337 cm³/mol. The van der Waals surface area contributed by atoms with Crippen molar-refractivity contribution in [2.45, 2.75) is 259 Å². The summed E-state index contributed by atoms with van der Waals surface area (Å²) in [5, 5.41) is 4.15. The van der Waals surface area contributed by atoms with E-state index in [2.05, 4.69) is 71.9 Å². The first-order valence-electron chi connectivity index (χ1n) is 32.6. The Morgan fingerprint density at radius 1 is 0.287 bits per heavy atom. The second-order valence-electron chi connectivity index (χ2n) is 23.6. The number of aromatic amines is 2. The summed E-state index contributed by atoms with van der Waals surface area (Å²) in [6.45, 7) is 9.21. The summed E-state index contributed by atoms with van der Waals surface area (Å²) in [5.41, 5.74) is 12.3. The molecule has 7 heterocycles. The van der Waals surface area contributed by atoms with Gasteiger partial charge < -0.3 is 9.97 Å². The minimum Gasteiger partial charge on any atom is -0.324 e. The zero-order chi connectivity index (χ0) is 55.1. The maximum Gasteiger partial charge on any atom is 0.166 e. The molecule has 8 bridgehead atoms. The minimum atomic E-state index is 0.590. The maximum atomic E-state index is 5.86. The van der Waals surface area contributed by atoms with Gasteiger partial charge in [-0.1, -0.05) is 232 Å². The number of hydrogen-bond donors (Lipinski definition) is 2. The quantitative estimate of drug-likeness (QED) is 0.0371. The van der Waals surface area contributed by atoms with Crippen molar-refractivity contribution in [1.82, 2.24) is 49.8 Å². The van der Waals surface area contributed by atoms with Gasteiger partial charge in [-0.25, -0.2) is 29.9 Å². The van der Waals surface area contributed by atoms with Crippen LogP contribution in [-0.2, 0) is 25.7 Å². The highest BCUT2D eigenvalue weighted by molar-refractivity contribution is 6.09. The van der Waals surface area contributed by atoms with E-state index in [1.807, 2.05) is 36.9 Å². The Morgan fingerprint density at radius 3 is 1.11 bits per heavy atom. The average molecular weight is 1080 g/mol. The second kappa shape index (κ2) is 31.3. The SMILES string of the molecule is CCCCCCCCCCc1ccc(CCCCCCCCCC)c2c1-c1nc-2nc2[nH]c(nc3nc(nc4[nH]c(n1)c1cnccc41)-c1ccncc1-3)c1c(CCCCCCCCCC)ccc(CCCCCCCCCC)c21. The van der Waals surface area contributed by atoms with Crippen LogP contribution in [0.3, 0.4) is 0 Å². The maximum absolute atomic E-state index is 5.86. The molecule has 2 aliphatic heterocycles. The van der Waals surface area contributed by atoms with Crippen LogP contribution in [0.15, 0.2) is 61.2 Å². The Labute approximate surface area is 479 Å². The number of nitrogens with zero attached hydrogens (tertiary/aromatic N) is 8. The van der Waals surface area contributed by atoms with Crippen LogP contribution in [0.25, 0.3) is 89.7 Å². The summed E-state index contributed by atoms with van der Waals surface area (Å²) < 4.78 is 0. The molecule has 5 aromatic heterocycles. The van der Waals surface area contributed by atoms with Gasteiger partial charge in [-0.15, -0.1) is 0 Å². The standard InChI is InChI=1S/C70H96N10/c1-5-9-13-17-21-25-29-33-37-51-41-43-53(39-35-31-27-23-19-15-11-7-3)61-59(51)67-76-65-57-49-71-47-45-55(57)63(74-65)73-64-56-46-48-72-50-58(56)66(75-64)77-68-60-52(38-34-30-26-22-18-14-10-6-2)42-44-54(40-36-32-28-24-20-16-12-8-4)62(60)70(79-68)80-69(61)78-67/h41-50H,5-40H2,1-4H3,(H2,73,74,75,76,77,78,79,80). The monoisotopic (exact) mass is 1080 g/mol. The number of unbranched alkanes of at least 4 members (excludes halogenated alkanes) is 28. The Hall–Kier alpha value is -5.90. The number of fused-ring (bicyclic) bond motifs is 20. The van der Waals surface area contributed by atoms with E-state index >= 15 is 0 Å². The summed E-state index contributed by atoms with van der Waals surface area (Å²) in [5.74, 6) is 2.63. The van der Waals surface area contributed by atoms with Gasteiger partial charge in [-0.05, 0) is 85.8 Å². The second-order valence-corrected chi connectivity index (χ2v) is 23.6. The Balaban J connectivity index is 1.23. The zero-order valence-electron chi connectivity index (χ0n) is 49.8. The van der Waals surface area contributed by atoms with Gasteiger partial charge in [0.25, 0.3) is 0 Å².